The first-order valence-corrected chi connectivity index (χ1v) is 8.60. The Morgan fingerprint density at radius 3 is 1.50 bits per heavy atom. The van der Waals surface area contributed by atoms with Gasteiger partial charge in [0.2, 0.25) is 11.6 Å². The zero-order chi connectivity index (χ0) is 18.7. The SMILES string of the molecule is C[N+](C)(c1cccc(-c2[c-]nccc2)n1)c1cccc(-c2[c-]nccc2)n1.[Pt+2]. The Labute approximate surface area is 179 Å². The van der Waals surface area contributed by atoms with Crippen LogP contribution in [0, 0.1) is 12.4 Å². The summed E-state index contributed by atoms with van der Waals surface area (Å²) in [5, 5.41) is 0. The molecule has 0 unspecified atom stereocenters. The number of nitrogens with zero attached hydrogens (tertiary/aromatic N) is 5. The number of quaternary nitrogens is 1. The van der Waals surface area contributed by atoms with Gasteiger partial charge in [0, 0.05) is 12.1 Å². The molecule has 0 aliphatic rings. The molecular weight excluding hydrogens is 529 g/mol. The summed E-state index contributed by atoms with van der Waals surface area (Å²) in [5.74, 6) is 1.76. The maximum absolute atomic E-state index is 4.83. The summed E-state index contributed by atoms with van der Waals surface area (Å²) in [4.78, 5) is 17.8. The molecule has 140 valence electrons. The molecule has 4 heterocycles. The van der Waals surface area contributed by atoms with Crippen LogP contribution in [0.2, 0.25) is 0 Å². The van der Waals surface area contributed by atoms with E-state index in [1.807, 2.05) is 60.7 Å². The maximum Gasteiger partial charge on any atom is 2.00 e. The van der Waals surface area contributed by atoms with Gasteiger partial charge in [-0.1, -0.05) is 36.7 Å². The molecular formula is C22H18N5Pt+. The van der Waals surface area contributed by atoms with Crippen molar-refractivity contribution in [1.29, 1.82) is 0 Å². The Morgan fingerprint density at radius 1 is 0.643 bits per heavy atom. The molecule has 0 saturated carbocycles. The summed E-state index contributed by atoms with van der Waals surface area (Å²) in [5.41, 5.74) is 3.41. The van der Waals surface area contributed by atoms with Gasteiger partial charge in [0.05, 0.1) is 14.1 Å². The third-order valence-electron chi connectivity index (χ3n) is 4.38. The van der Waals surface area contributed by atoms with E-state index >= 15 is 0 Å². The van der Waals surface area contributed by atoms with E-state index in [2.05, 4.69) is 36.5 Å². The van der Waals surface area contributed by atoms with Crippen LogP contribution in [-0.2, 0) is 21.1 Å². The van der Waals surface area contributed by atoms with Crippen LogP contribution >= 0.6 is 0 Å². The van der Waals surface area contributed by atoms with Gasteiger partial charge in [0.1, 0.15) is 0 Å². The van der Waals surface area contributed by atoms with E-state index in [0.717, 1.165) is 34.2 Å². The summed E-state index contributed by atoms with van der Waals surface area (Å²) in [6, 6.07) is 19.6. The molecule has 0 N–H and O–H groups in total. The van der Waals surface area contributed by atoms with Crippen molar-refractivity contribution in [2.45, 2.75) is 0 Å². The van der Waals surface area contributed by atoms with E-state index in [0.29, 0.717) is 4.48 Å². The molecule has 4 aromatic heterocycles. The van der Waals surface area contributed by atoms with Gasteiger partial charge in [-0.15, -0.1) is 35.4 Å². The molecule has 28 heavy (non-hydrogen) atoms. The zero-order valence-electron chi connectivity index (χ0n) is 15.5. The average Bonchev–Trinajstić information content (AvgIpc) is 2.75. The molecule has 0 amide bonds. The molecule has 0 radical (unpaired) electrons. The number of rotatable bonds is 4. The van der Waals surface area contributed by atoms with E-state index in [1.54, 1.807) is 12.4 Å². The van der Waals surface area contributed by atoms with Gasteiger partial charge < -0.3 is 9.97 Å². The largest absolute Gasteiger partial charge is 2.00 e. The van der Waals surface area contributed by atoms with Crippen molar-refractivity contribution in [2.24, 2.45) is 0 Å². The summed E-state index contributed by atoms with van der Waals surface area (Å²) >= 11 is 0. The summed E-state index contributed by atoms with van der Waals surface area (Å²) < 4.78 is 0.405. The first-order chi connectivity index (χ1) is 13.1. The van der Waals surface area contributed by atoms with Crippen LogP contribution in [0.3, 0.4) is 0 Å². The van der Waals surface area contributed by atoms with E-state index in [1.165, 1.54) is 0 Å². The Balaban J connectivity index is 0.00000225. The van der Waals surface area contributed by atoms with Gasteiger partial charge in [0.15, 0.2) is 0 Å². The molecule has 4 rings (SSSR count). The van der Waals surface area contributed by atoms with Crippen LogP contribution in [0.5, 0.6) is 0 Å². The van der Waals surface area contributed by atoms with Crippen LogP contribution in [0.15, 0.2) is 73.1 Å². The fourth-order valence-electron chi connectivity index (χ4n) is 2.82. The van der Waals surface area contributed by atoms with Crippen LogP contribution in [0.25, 0.3) is 22.5 Å². The second-order valence-corrected chi connectivity index (χ2v) is 6.54. The molecule has 5 nitrogen and oxygen atoms in total. The normalized spacial score (nSPS) is 10.9. The first kappa shape index (κ1) is 20.0. The topological polar surface area (TPSA) is 51.6 Å². The van der Waals surface area contributed by atoms with Crippen molar-refractivity contribution >= 4 is 11.6 Å². The van der Waals surface area contributed by atoms with E-state index in [4.69, 9.17) is 9.97 Å². The molecule has 0 aliphatic heterocycles. The van der Waals surface area contributed by atoms with E-state index in [9.17, 15) is 0 Å². The van der Waals surface area contributed by atoms with Crippen LogP contribution < -0.4 is 4.48 Å². The Morgan fingerprint density at radius 2 is 1.11 bits per heavy atom. The predicted octanol–water partition coefficient (Wildman–Crippen LogP) is 4.10. The van der Waals surface area contributed by atoms with Crippen molar-refractivity contribution in [3.63, 3.8) is 0 Å². The zero-order valence-corrected chi connectivity index (χ0v) is 17.8. The van der Waals surface area contributed by atoms with Gasteiger partial charge in [-0.2, -0.15) is 0 Å². The molecule has 0 atom stereocenters. The van der Waals surface area contributed by atoms with Crippen molar-refractivity contribution in [3.8, 4) is 22.5 Å². The minimum Gasteiger partial charge on any atom is -0.360 e. The molecule has 4 aromatic rings. The van der Waals surface area contributed by atoms with Crippen molar-refractivity contribution in [2.75, 3.05) is 14.1 Å². The van der Waals surface area contributed by atoms with Gasteiger partial charge >= 0.3 is 21.1 Å². The number of hydrogen-bond acceptors (Lipinski definition) is 4. The van der Waals surface area contributed by atoms with Gasteiger partial charge in [-0.25, -0.2) is 14.5 Å². The van der Waals surface area contributed by atoms with Gasteiger partial charge in [-0.3, -0.25) is 0 Å². The van der Waals surface area contributed by atoms with Crippen molar-refractivity contribution in [1.82, 2.24) is 24.4 Å². The summed E-state index contributed by atoms with van der Waals surface area (Å²) in [6.45, 7) is 0. The van der Waals surface area contributed by atoms with E-state index in [-0.39, 0.29) is 21.1 Å². The quantitative estimate of drug-likeness (QED) is 0.285. The molecule has 0 saturated heterocycles. The summed E-state index contributed by atoms with van der Waals surface area (Å²) in [6.07, 6.45) is 9.39. The second-order valence-electron chi connectivity index (χ2n) is 6.54. The number of aromatic nitrogens is 4. The van der Waals surface area contributed by atoms with Crippen LogP contribution in [0.4, 0.5) is 11.6 Å². The molecule has 6 heteroatoms. The Kier molecular flexibility index (Phi) is 6.08. The van der Waals surface area contributed by atoms with Gasteiger partial charge in [0.25, 0.3) is 0 Å². The molecule has 0 fully saturated rings. The van der Waals surface area contributed by atoms with Gasteiger partial charge in [-0.05, 0) is 23.8 Å². The molecule has 0 aliphatic carbocycles. The standard InChI is InChI=1S/C22H18N5.Pt/c1-27(2,21-11-3-9-19(25-21)17-7-5-13-23-15-17)22-12-4-10-20(26-22)18-8-6-14-24-16-18;/h3-14H,1-2H3;/q-1;+2. The van der Waals surface area contributed by atoms with Crippen LogP contribution in [0.1, 0.15) is 0 Å². The third-order valence-corrected chi connectivity index (χ3v) is 4.38. The van der Waals surface area contributed by atoms with Crippen LogP contribution in [-0.4, -0.2) is 34.0 Å². The number of pyridine rings is 4. The second kappa shape index (κ2) is 8.51. The minimum absolute atomic E-state index is 0. The predicted molar refractivity (Wildman–Crippen MR) is 106 cm³/mol. The Hall–Kier alpha value is -2.75. The first-order valence-electron chi connectivity index (χ1n) is 8.60. The van der Waals surface area contributed by atoms with E-state index < -0.39 is 0 Å². The maximum atomic E-state index is 4.83. The smallest absolute Gasteiger partial charge is 0.360 e. The summed E-state index contributed by atoms with van der Waals surface area (Å²) in [7, 11) is 4.14. The fourth-order valence-corrected chi connectivity index (χ4v) is 2.82. The minimum atomic E-state index is 0. The fraction of sp³-hybridized carbons (Fsp3) is 0.0909. The van der Waals surface area contributed by atoms with Crippen molar-refractivity contribution in [3.05, 3.63) is 85.5 Å². The monoisotopic (exact) mass is 547 g/mol. The average molecular weight is 547 g/mol. The molecule has 0 spiro atoms. The molecule has 0 aromatic carbocycles. The third kappa shape index (κ3) is 4.06. The van der Waals surface area contributed by atoms with Crippen molar-refractivity contribution < 1.29 is 21.1 Å². The Bertz CT molecular complexity index is 967. The number of hydrogen-bond donors (Lipinski definition) is 0. The molecule has 0 bridgehead atoms.